The number of primary amides is 1. The predicted octanol–water partition coefficient (Wildman–Crippen LogP) is 1.65. The molecule has 3 heteroatoms. The van der Waals surface area contributed by atoms with Crippen LogP contribution < -0.4 is 5.73 Å². The van der Waals surface area contributed by atoms with Gasteiger partial charge in [-0.2, -0.15) is 0 Å². The molecule has 0 aliphatic rings. The molecule has 0 aliphatic carbocycles. The van der Waals surface area contributed by atoms with E-state index in [1.54, 1.807) is 6.08 Å². The number of allylic oxidation sites excluding steroid dienone is 1. The van der Waals surface area contributed by atoms with Crippen LogP contribution in [0.4, 0.5) is 4.39 Å². The van der Waals surface area contributed by atoms with Gasteiger partial charge in [-0.15, -0.1) is 6.58 Å². The molecule has 0 aliphatic heterocycles. The van der Waals surface area contributed by atoms with Crippen LogP contribution in [0.3, 0.4) is 0 Å². The zero-order chi connectivity index (χ0) is 9.84. The van der Waals surface area contributed by atoms with Crippen molar-refractivity contribution in [3.63, 3.8) is 0 Å². The van der Waals surface area contributed by atoms with Gasteiger partial charge in [0.25, 0.3) is 0 Å². The fraction of sp³-hybridized carbons (Fsp3) is 0.100. The van der Waals surface area contributed by atoms with E-state index in [0.29, 0.717) is 17.5 Å². The third-order valence-electron chi connectivity index (χ3n) is 1.70. The number of carbonyl (C=O) groups is 1. The summed E-state index contributed by atoms with van der Waals surface area (Å²) in [6.07, 6.45) is 2.04. The predicted molar refractivity (Wildman–Crippen MR) is 48.8 cm³/mol. The van der Waals surface area contributed by atoms with Crippen LogP contribution in [0.15, 0.2) is 30.9 Å². The van der Waals surface area contributed by atoms with E-state index in [1.807, 2.05) is 0 Å². The number of rotatable bonds is 3. The Labute approximate surface area is 75.9 Å². The first-order valence-electron chi connectivity index (χ1n) is 3.84. The van der Waals surface area contributed by atoms with Gasteiger partial charge in [0, 0.05) is 5.56 Å². The second-order valence-corrected chi connectivity index (χ2v) is 2.66. The van der Waals surface area contributed by atoms with Crippen LogP contribution in [0, 0.1) is 5.82 Å². The Balaban J connectivity index is 3.17. The number of hydrogen-bond donors (Lipinski definition) is 1. The summed E-state index contributed by atoms with van der Waals surface area (Å²) in [5, 5.41) is 0. The van der Waals surface area contributed by atoms with Crippen molar-refractivity contribution in [2.24, 2.45) is 5.73 Å². The molecule has 1 amide bonds. The van der Waals surface area contributed by atoms with Crippen LogP contribution in [0.1, 0.15) is 15.9 Å². The maximum absolute atomic E-state index is 12.7. The van der Waals surface area contributed by atoms with Crippen molar-refractivity contribution in [2.75, 3.05) is 0 Å². The zero-order valence-electron chi connectivity index (χ0n) is 7.09. The Kier molecular flexibility index (Phi) is 2.80. The molecule has 0 aromatic heterocycles. The SMILES string of the molecule is C=CCc1cc(F)ccc1C(N)=O. The lowest BCUT2D eigenvalue weighted by atomic mass is 10.0. The van der Waals surface area contributed by atoms with Gasteiger partial charge in [0.1, 0.15) is 5.82 Å². The largest absolute Gasteiger partial charge is 0.366 e. The van der Waals surface area contributed by atoms with Crippen molar-refractivity contribution >= 4 is 5.91 Å². The van der Waals surface area contributed by atoms with Gasteiger partial charge in [-0.05, 0) is 30.2 Å². The average Bonchev–Trinajstić information content (AvgIpc) is 2.04. The molecule has 1 rings (SSSR count). The summed E-state index contributed by atoms with van der Waals surface area (Å²) in [6.45, 7) is 3.51. The molecule has 13 heavy (non-hydrogen) atoms. The van der Waals surface area contributed by atoms with E-state index in [9.17, 15) is 9.18 Å². The number of hydrogen-bond acceptors (Lipinski definition) is 1. The lowest BCUT2D eigenvalue weighted by Gasteiger charge is -2.03. The second-order valence-electron chi connectivity index (χ2n) is 2.66. The number of halogens is 1. The van der Waals surface area contributed by atoms with Gasteiger partial charge in [0.15, 0.2) is 0 Å². The normalized spacial score (nSPS) is 9.62. The quantitative estimate of drug-likeness (QED) is 0.704. The van der Waals surface area contributed by atoms with Gasteiger partial charge >= 0.3 is 0 Å². The topological polar surface area (TPSA) is 43.1 Å². The van der Waals surface area contributed by atoms with Crippen molar-refractivity contribution in [3.05, 3.63) is 47.8 Å². The highest BCUT2D eigenvalue weighted by molar-refractivity contribution is 5.94. The summed E-state index contributed by atoms with van der Waals surface area (Å²) < 4.78 is 12.7. The minimum atomic E-state index is -0.545. The molecule has 0 saturated heterocycles. The lowest BCUT2D eigenvalue weighted by molar-refractivity contribution is 0.0999. The Hall–Kier alpha value is -1.64. The first-order valence-corrected chi connectivity index (χ1v) is 3.84. The molecule has 0 radical (unpaired) electrons. The van der Waals surface area contributed by atoms with Crippen molar-refractivity contribution in [3.8, 4) is 0 Å². The van der Waals surface area contributed by atoms with E-state index in [1.165, 1.54) is 18.2 Å². The molecule has 0 heterocycles. The van der Waals surface area contributed by atoms with Gasteiger partial charge in [0.05, 0.1) is 0 Å². The molecular formula is C10H10FNO. The van der Waals surface area contributed by atoms with Crippen molar-refractivity contribution < 1.29 is 9.18 Å². The minimum absolute atomic E-state index is 0.348. The van der Waals surface area contributed by atoms with Gasteiger partial charge in [-0.3, -0.25) is 4.79 Å². The van der Waals surface area contributed by atoms with Crippen molar-refractivity contribution in [1.29, 1.82) is 0 Å². The Morgan fingerprint density at radius 2 is 2.31 bits per heavy atom. The molecule has 2 nitrogen and oxygen atoms in total. The van der Waals surface area contributed by atoms with Crippen LogP contribution in [0.5, 0.6) is 0 Å². The molecule has 2 N–H and O–H groups in total. The Morgan fingerprint density at radius 1 is 1.62 bits per heavy atom. The molecule has 0 bridgehead atoms. The molecule has 0 spiro atoms. The molecule has 0 unspecified atom stereocenters. The summed E-state index contributed by atoms with van der Waals surface area (Å²) in [7, 11) is 0. The monoisotopic (exact) mass is 179 g/mol. The highest BCUT2D eigenvalue weighted by Crippen LogP contribution is 2.11. The first-order chi connectivity index (χ1) is 6.15. The molecule has 68 valence electrons. The second kappa shape index (κ2) is 3.85. The summed E-state index contributed by atoms with van der Waals surface area (Å²) in [5.41, 5.74) is 6.02. The highest BCUT2D eigenvalue weighted by Gasteiger charge is 2.07. The van der Waals surface area contributed by atoms with Crippen LogP contribution >= 0.6 is 0 Å². The van der Waals surface area contributed by atoms with Crippen LogP contribution in [-0.2, 0) is 6.42 Å². The number of nitrogens with two attached hydrogens (primary N) is 1. The molecule has 0 saturated carbocycles. The van der Waals surface area contributed by atoms with Crippen molar-refractivity contribution in [1.82, 2.24) is 0 Å². The van der Waals surface area contributed by atoms with Gasteiger partial charge in [-0.25, -0.2) is 4.39 Å². The Morgan fingerprint density at radius 3 is 2.85 bits per heavy atom. The fourth-order valence-electron chi connectivity index (χ4n) is 1.13. The third-order valence-corrected chi connectivity index (χ3v) is 1.70. The zero-order valence-corrected chi connectivity index (χ0v) is 7.09. The van der Waals surface area contributed by atoms with E-state index in [-0.39, 0.29) is 5.82 Å². The fourth-order valence-corrected chi connectivity index (χ4v) is 1.13. The van der Waals surface area contributed by atoms with E-state index in [4.69, 9.17) is 5.73 Å². The van der Waals surface area contributed by atoms with E-state index in [2.05, 4.69) is 6.58 Å². The van der Waals surface area contributed by atoms with Crippen LogP contribution in [0.25, 0.3) is 0 Å². The maximum Gasteiger partial charge on any atom is 0.248 e. The van der Waals surface area contributed by atoms with E-state index >= 15 is 0 Å². The summed E-state index contributed by atoms with van der Waals surface area (Å²) >= 11 is 0. The maximum atomic E-state index is 12.7. The first kappa shape index (κ1) is 9.45. The highest BCUT2D eigenvalue weighted by atomic mass is 19.1. The molecule has 1 aromatic carbocycles. The number of carbonyl (C=O) groups excluding carboxylic acids is 1. The third kappa shape index (κ3) is 2.15. The smallest absolute Gasteiger partial charge is 0.248 e. The van der Waals surface area contributed by atoms with Gasteiger partial charge < -0.3 is 5.73 Å². The van der Waals surface area contributed by atoms with E-state index in [0.717, 1.165) is 0 Å². The minimum Gasteiger partial charge on any atom is -0.366 e. The van der Waals surface area contributed by atoms with Crippen LogP contribution in [0.2, 0.25) is 0 Å². The summed E-state index contributed by atoms with van der Waals surface area (Å²) in [6, 6.07) is 3.89. The standard InChI is InChI=1S/C10H10FNO/c1-2-3-7-6-8(11)4-5-9(7)10(12)13/h2,4-6H,1,3H2,(H2,12,13). The Bertz CT molecular complexity index is 347. The van der Waals surface area contributed by atoms with Crippen molar-refractivity contribution in [2.45, 2.75) is 6.42 Å². The summed E-state index contributed by atoms with van der Waals surface area (Å²) in [5.74, 6) is -0.918. The molecule has 0 atom stereocenters. The molecule has 1 aromatic rings. The van der Waals surface area contributed by atoms with Gasteiger partial charge in [0.2, 0.25) is 5.91 Å². The van der Waals surface area contributed by atoms with Crippen LogP contribution in [-0.4, -0.2) is 5.91 Å². The number of amides is 1. The van der Waals surface area contributed by atoms with Gasteiger partial charge in [-0.1, -0.05) is 6.08 Å². The van der Waals surface area contributed by atoms with E-state index < -0.39 is 5.91 Å². The molecular weight excluding hydrogens is 169 g/mol. The summed E-state index contributed by atoms with van der Waals surface area (Å²) in [4.78, 5) is 10.9. The number of benzene rings is 1. The molecule has 0 fully saturated rings. The average molecular weight is 179 g/mol. The lowest BCUT2D eigenvalue weighted by Crippen LogP contribution is -2.13.